The molecule has 7 atom stereocenters. The minimum atomic E-state index is -5.09. The number of rotatable bonds is 11. The molecule has 21 heteroatoms. The van der Waals surface area contributed by atoms with E-state index < -0.39 is 61.4 Å². The van der Waals surface area contributed by atoms with Crippen LogP contribution in [0.2, 0.25) is 0 Å². The van der Waals surface area contributed by atoms with Gasteiger partial charge in [0, 0.05) is 33.8 Å². The summed E-state index contributed by atoms with van der Waals surface area (Å²) < 4.78 is 54.5. The number of aromatic amines is 1. The highest BCUT2D eigenvalue weighted by molar-refractivity contribution is 7.45. The smallest absolute Gasteiger partial charge is 0.354 e. The van der Waals surface area contributed by atoms with Gasteiger partial charge in [0.1, 0.15) is 36.6 Å². The van der Waals surface area contributed by atoms with Crippen molar-refractivity contribution >= 4 is 36.8 Å². The second kappa shape index (κ2) is 10.5. The molecule has 43 heavy (non-hydrogen) atoms. The van der Waals surface area contributed by atoms with Crippen LogP contribution in [0.3, 0.4) is 0 Å². The highest BCUT2D eigenvalue weighted by atomic mass is 31.2. The Hall–Kier alpha value is -3.75. The molecule has 5 heterocycles. The molecule has 1 saturated heterocycles. The number of nitrogen functional groups attached to an aromatic ring is 2. The maximum atomic E-state index is 13.2. The van der Waals surface area contributed by atoms with E-state index in [9.17, 15) is 19.0 Å². The molecule has 0 radical (unpaired) electrons. The predicted molar refractivity (Wildman–Crippen MR) is 141 cm³/mol. The van der Waals surface area contributed by atoms with Gasteiger partial charge in [0.05, 0.1) is 13.2 Å². The molecule has 6 rings (SSSR count). The number of methoxy groups -OCH3 is 3. The lowest BCUT2D eigenvalue weighted by atomic mass is 10.1. The van der Waals surface area contributed by atoms with Crippen LogP contribution in [0.25, 0.3) is 17.0 Å². The van der Waals surface area contributed by atoms with Crippen LogP contribution in [0, 0.1) is 0 Å². The van der Waals surface area contributed by atoms with Crippen molar-refractivity contribution in [3.05, 3.63) is 39.6 Å². The number of fused-ring (bicyclic) bond motifs is 2. The highest BCUT2D eigenvalue weighted by Crippen LogP contribution is 2.62. The van der Waals surface area contributed by atoms with Crippen LogP contribution < -0.4 is 27.6 Å². The molecule has 3 aromatic rings. The molecule has 0 bridgehead atoms. The van der Waals surface area contributed by atoms with Crippen LogP contribution >= 0.6 is 7.82 Å². The largest absolute Gasteiger partial charge is 0.756 e. The summed E-state index contributed by atoms with van der Waals surface area (Å²) in [6, 6.07) is 0. The van der Waals surface area contributed by atoms with E-state index in [1.807, 2.05) is 0 Å². The van der Waals surface area contributed by atoms with E-state index in [1.165, 1.54) is 32.2 Å². The lowest BCUT2D eigenvalue weighted by molar-refractivity contribution is -0.236. The lowest BCUT2D eigenvalue weighted by Gasteiger charge is -2.31. The zero-order valence-corrected chi connectivity index (χ0v) is 23.8. The van der Waals surface area contributed by atoms with Crippen molar-refractivity contribution in [1.29, 1.82) is 0 Å². The van der Waals surface area contributed by atoms with Gasteiger partial charge in [-0.25, -0.2) is 14.8 Å². The first-order valence-corrected chi connectivity index (χ1v) is 14.1. The van der Waals surface area contributed by atoms with Crippen molar-refractivity contribution in [2.45, 2.75) is 42.2 Å². The van der Waals surface area contributed by atoms with Gasteiger partial charge in [0.15, 0.2) is 28.9 Å². The molecule has 5 N–H and O–H groups in total. The second-order valence-electron chi connectivity index (χ2n) is 10.0. The van der Waals surface area contributed by atoms with Crippen LogP contribution in [0.1, 0.15) is 12.6 Å². The van der Waals surface area contributed by atoms with Crippen LogP contribution in [0.15, 0.2) is 28.3 Å². The molecule has 0 spiro atoms. The molecule has 3 aliphatic rings. The molecule has 0 aromatic carbocycles. The molecule has 5 unspecified atom stereocenters. The minimum absolute atomic E-state index is 0.0247. The van der Waals surface area contributed by atoms with E-state index in [4.69, 9.17) is 44.2 Å². The number of imidazole rings is 1. The zero-order chi connectivity index (χ0) is 30.7. The van der Waals surface area contributed by atoms with E-state index in [2.05, 4.69) is 24.9 Å². The molecule has 2 aliphatic heterocycles. The molecular weight excluding hydrogens is 597 g/mol. The Morgan fingerprint density at radius 3 is 2.67 bits per heavy atom. The number of hydrogen-bond acceptors (Lipinski definition) is 17. The Labute approximate surface area is 241 Å². The Kier molecular flexibility index (Phi) is 7.13. The molecule has 1 saturated carbocycles. The quantitative estimate of drug-likeness (QED) is 0.190. The van der Waals surface area contributed by atoms with Gasteiger partial charge in [0.25, 0.3) is 13.4 Å². The van der Waals surface area contributed by atoms with Crippen molar-refractivity contribution in [1.82, 2.24) is 34.1 Å². The summed E-state index contributed by atoms with van der Waals surface area (Å²) in [7, 11) is -0.987. The molecule has 20 nitrogen and oxygen atoms in total. The number of H-pyrrole nitrogens is 1. The lowest BCUT2D eigenvalue weighted by Crippen LogP contribution is -2.40. The first kappa shape index (κ1) is 29.3. The van der Waals surface area contributed by atoms with Gasteiger partial charge in [-0.3, -0.25) is 23.5 Å². The average Bonchev–Trinajstić information content (AvgIpc) is 3.24. The fraction of sp³-hybridized carbons (Fsp3) is 0.545. The third-order valence-electron chi connectivity index (χ3n) is 7.49. The normalized spacial score (nSPS) is 31.0. The summed E-state index contributed by atoms with van der Waals surface area (Å²) in [5.41, 5.74) is 7.68. The Morgan fingerprint density at radius 1 is 1.19 bits per heavy atom. The summed E-state index contributed by atoms with van der Waals surface area (Å²) in [5.74, 6) is -0.193. The number of nitrogens with zero attached hydrogens (tertiary/aromatic N) is 6. The predicted octanol–water partition coefficient (Wildman–Crippen LogP) is -2.28. The van der Waals surface area contributed by atoms with Crippen LogP contribution in [0.5, 0.6) is 0 Å². The molecule has 3 aromatic heterocycles. The molecular formula is C22H27N9O11P-. The number of nitrogens with one attached hydrogen (secondary N) is 1. The van der Waals surface area contributed by atoms with Crippen LogP contribution in [-0.2, 0) is 37.3 Å². The fourth-order valence-electron chi connectivity index (χ4n) is 5.34. The number of anilines is 2. The van der Waals surface area contributed by atoms with Crippen molar-refractivity contribution in [3.63, 3.8) is 0 Å². The zero-order valence-electron chi connectivity index (χ0n) is 22.9. The molecule has 0 amide bonds. The van der Waals surface area contributed by atoms with Crippen molar-refractivity contribution < 1.29 is 42.2 Å². The van der Waals surface area contributed by atoms with Gasteiger partial charge < -0.3 is 49.1 Å². The van der Waals surface area contributed by atoms with Gasteiger partial charge in [-0.2, -0.15) is 9.97 Å². The fourth-order valence-corrected chi connectivity index (χ4v) is 6.32. The van der Waals surface area contributed by atoms with E-state index in [-0.39, 0.29) is 42.0 Å². The van der Waals surface area contributed by atoms with E-state index >= 15 is 0 Å². The van der Waals surface area contributed by atoms with Gasteiger partial charge in [0.2, 0.25) is 11.9 Å². The Bertz CT molecular complexity index is 1760. The van der Waals surface area contributed by atoms with Gasteiger partial charge >= 0.3 is 5.69 Å². The summed E-state index contributed by atoms with van der Waals surface area (Å²) in [6.07, 6.45) is -0.300. The topological polar surface area (TPSA) is 268 Å². The first-order valence-electron chi connectivity index (χ1n) is 12.7. The summed E-state index contributed by atoms with van der Waals surface area (Å²) >= 11 is 0. The molecule has 2 fully saturated rings. The monoisotopic (exact) mass is 624 g/mol. The van der Waals surface area contributed by atoms with Gasteiger partial charge in [-0.1, -0.05) is 0 Å². The Morgan fingerprint density at radius 2 is 1.98 bits per heavy atom. The third-order valence-corrected chi connectivity index (χ3v) is 8.44. The van der Waals surface area contributed by atoms with Crippen molar-refractivity contribution in [3.8, 4) is 0 Å². The summed E-state index contributed by atoms with van der Waals surface area (Å²) in [5, 5.41) is 0. The number of hydrogen-bond donors (Lipinski definition) is 3. The van der Waals surface area contributed by atoms with Crippen LogP contribution in [-0.4, -0.2) is 98.1 Å². The van der Waals surface area contributed by atoms with E-state index in [1.54, 1.807) is 6.08 Å². The Balaban J connectivity index is 1.19. The van der Waals surface area contributed by atoms with Crippen molar-refractivity contribution in [2.24, 2.45) is 0 Å². The first-order chi connectivity index (χ1) is 20.4. The molecule has 232 valence electrons. The minimum Gasteiger partial charge on any atom is -0.756 e. The number of phosphoric acid groups is 1. The van der Waals surface area contributed by atoms with E-state index in [0.717, 1.165) is 10.9 Å². The second-order valence-corrected chi connectivity index (χ2v) is 11.4. The van der Waals surface area contributed by atoms with Gasteiger partial charge in [-0.15, -0.1) is 0 Å². The van der Waals surface area contributed by atoms with E-state index in [0.29, 0.717) is 0 Å². The van der Waals surface area contributed by atoms with Crippen LogP contribution in [0.4, 0.5) is 11.9 Å². The highest BCUT2D eigenvalue weighted by Gasteiger charge is 2.75. The standard InChI is InChI=1S/C22H28N9O11P/c1-36-5-10-13(14(37-2)17(40-10)31-9-26-18(23)29-20(31)33)42-43(34,35)39-7-22-6-21(22,38-3)4-11(41-22)30-8-25-12-15(30)27-19(24)28-16(12)32/h4,8-10,13-14,17H,5-7H2,1-3H3,(H,34,35)(H2,23,29,33)(H3,24,27,28,32)/p-1/t10-,13?,14?,17-,21?,22?/m1/s1. The summed E-state index contributed by atoms with van der Waals surface area (Å²) in [4.78, 5) is 55.7. The maximum Gasteiger partial charge on any atom is 0.354 e. The number of phosphoric ester groups is 1. The molecule has 1 aliphatic carbocycles. The number of ether oxygens (including phenoxy) is 5. The summed E-state index contributed by atoms with van der Waals surface area (Å²) in [6.45, 7) is -0.613. The van der Waals surface area contributed by atoms with Gasteiger partial charge in [-0.05, 0) is 0 Å². The third kappa shape index (κ3) is 4.90. The number of aromatic nitrogens is 7. The SMILES string of the molecule is COC[C@H]1O[C@@H](n2cnc(N)nc2=O)C(OC)C1OP(=O)([O-])OCC12CC1(OC)C=C(n1cnc3c(=O)[nH]c(N)nc31)O2. The maximum absolute atomic E-state index is 13.2. The number of nitrogens with two attached hydrogens (primary N) is 2. The van der Waals surface area contributed by atoms with Crippen molar-refractivity contribution in [2.75, 3.05) is 46.0 Å². The average molecular weight is 624 g/mol.